The lowest BCUT2D eigenvalue weighted by atomic mass is 10.1. The molecule has 23 heavy (non-hydrogen) atoms. The molecular formula is C18H24NO4+. The van der Waals surface area contributed by atoms with Crippen LogP contribution in [0.2, 0.25) is 0 Å². The summed E-state index contributed by atoms with van der Waals surface area (Å²) in [6, 6.07) is 7.78. The second-order valence-corrected chi connectivity index (χ2v) is 6.22. The molecule has 1 saturated heterocycles. The highest BCUT2D eigenvalue weighted by Crippen LogP contribution is 2.26. The first-order valence-corrected chi connectivity index (χ1v) is 8.25. The molecule has 1 aromatic heterocycles. The van der Waals surface area contributed by atoms with Crippen molar-refractivity contribution in [2.45, 2.75) is 39.5 Å². The van der Waals surface area contributed by atoms with E-state index in [0.29, 0.717) is 12.4 Å². The van der Waals surface area contributed by atoms with Gasteiger partial charge in [0, 0.05) is 5.39 Å². The predicted octanol–water partition coefficient (Wildman–Crippen LogP) is 1.80. The number of ether oxygens (including phenoxy) is 2. The van der Waals surface area contributed by atoms with Gasteiger partial charge in [-0.3, -0.25) is 0 Å². The number of para-hydroxylation sites is 1. The summed E-state index contributed by atoms with van der Waals surface area (Å²) in [4.78, 5) is 13.7. The average molecular weight is 318 g/mol. The van der Waals surface area contributed by atoms with E-state index >= 15 is 0 Å². The Kier molecular flexibility index (Phi) is 4.68. The first kappa shape index (κ1) is 16.0. The standard InChI is InChI=1S/C18H23NO4/c1-4-21-18(20)17-15(14-7-5-6-8-16(14)23-17)11-19-9-12(2)22-13(3)10-19/h5-8,12-13H,4,9-11H2,1-3H3/p+1/t12-,13+. The molecule has 5 nitrogen and oxygen atoms in total. The fraction of sp³-hybridized carbons (Fsp3) is 0.500. The second-order valence-electron chi connectivity index (χ2n) is 6.22. The van der Waals surface area contributed by atoms with Crippen LogP contribution in [0.4, 0.5) is 0 Å². The zero-order valence-corrected chi connectivity index (χ0v) is 13.9. The molecule has 0 saturated carbocycles. The fourth-order valence-corrected chi connectivity index (χ4v) is 3.42. The molecule has 124 valence electrons. The summed E-state index contributed by atoms with van der Waals surface area (Å²) in [5.41, 5.74) is 1.68. The minimum absolute atomic E-state index is 0.220. The van der Waals surface area contributed by atoms with Gasteiger partial charge in [0.25, 0.3) is 0 Å². The molecule has 1 aliphatic rings. The van der Waals surface area contributed by atoms with Gasteiger partial charge in [-0.15, -0.1) is 0 Å². The SMILES string of the molecule is CCOC(=O)c1oc2ccccc2c1C[NH+]1C[C@@H](C)O[C@@H](C)C1. The minimum atomic E-state index is -0.382. The number of hydrogen-bond acceptors (Lipinski definition) is 4. The number of furan rings is 1. The number of fused-ring (bicyclic) bond motifs is 1. The molecule has 2 heterocycles. The Morgan fingerprint density at radius 2 is 1.96 bits per heavy atom. The van der Waals surface area contributed by atoms with Gasteiger partial charge in [-0.1, -0.05) is 18.2 Å². The maximum atomic E-state index is 12.3. The van der Waals surface area contributed by atoms with E-state index in [1.807, 2.05) is 24.3 Å². The zero-order chi connectivity index (χ0) is 16.4. The molecule has 1 aliphatic heterocycles. The number of carbonyl (C=O) groups is 1. The van der Waals surface area contributed by atoms with E-state index in [2.05, 4.69) is 13.8 Å². The molecule has 5 heteroatoms. The molecule has 2 aromatic rings. The number of nitrogens with one attached hydrogen (secondary N) is 1. The third kappa shape index (κ3) is 3.41. The van der Waals surface area contributed by atoms with Crippen LogP contribution in [0.5, 0.6) is 0 Å². The summed E-state index contributed by atoms with van der Waals surface area (Å²) in [6.07, 6.45) is 0.441. The summed E-state index contributed by atoms with van der Waals surface area (Å²) >= 11 is 0. The van der Waals surface area contributed by atoms with Crippen molar-refractivity contribution in [1.82, 2.24) is 0 Å². The maximum absolute atomic E-state index is 12.3. The quantitative estimate of drug-likeness (QED) is 0.874. The van der Waals surface area contributed by atoms with Crippen molar-refractivity contribution in [1.29, 1.82) is 0 Å². The van der Waals surface area contributed by atoms with E-state index in [-0.39, 0.29) is 18.2 Å². The van der Waals surface area contributed by atoms with Crippen LogP contribution in [0.25, 0.3) is 11.0 Å². The molecule has 3 atom stereocenters. The van der Waals surface area contributed by atoms with Crippen LogP contribution in [0.1, 0.15) is 36.9 Å². The minimum Gasteiger partial charge on any atom is -0.460 e. The van der Waals surface area contributed by atoms with E-state index in [1.54, 1.807) is 6.92 Å². The van der Waals surface area contributed by atoms with Gasteiger partial charge in [-0.05, 0) is 26.8 Å². The van der Waals surface area contributed by atoms with Crippen molar-refractivity contribution in [3.63, 3.8) is 0 Å². The number of quaternary nitrogens is 1. The Morgan fingerprint density at radius 3 is 2.65 bits per heavy atom. The lowest BCUT2D eigenvalue weighted by Gasteiger charge is -2.32. The van der Waals surface area contributed by atoms with Crippen molar-refractivity contribution in [3.05, 3.63) is 35.6 Å². The summed E-state index contributed by atoms with van der Waals surface area (Å²) in [6.45, 7) is 8.91. The second kappa shape index (κ2) is 6.72. The average Bonchev–Trinajstić information content (AvgIpc) is 2.85. The number of benzene rings is 1. The van der Waals surface area contributed by atoms with Crippen LogP contribution in [0.3, 0.4) is 0 Å². The third-order valence-electron chi connectivity index (χ3n) is 4.20. The molecule has 0 aliphatic carbocycles. The number of carbonyl (C=O) groups excluding carboxylic acids is 1. The largest absolute Gasteiger partial charge is 0.460 e. The number of morpholine rings is 1. The molecular weight excluding hydrogens is 294 g/mol. The summed E-state index contributed by atoms with van der Waals surface area (Å²) in [5.74, 6) is -0.0418. The number of esters is 1. The van der Waals surface area contributed by atoms with Crippen molar-refractivity contribution in [3.8, 4) is 0 Å². The highest BCUT2D eigenvalue weighted by molar-refractivity contribution is 5.95. The molecule has 3 rings (SSSR count). The van der Waals surface area contributed by atoms with Crippen LogP contribution in [-0.4, -0.2) is 37.9 Å². The Morgan fingerprint density at radius 1 is 1.26 bits per heavy atom. The van der Waals surface area contributed by atoms with Gasteiger partial charge in [0.15, 0.2) is 0 Å². The van der Waals surface area contributed by atoms with E-state index < -0.39 is 0 Å². The van der Waals surface area contributed by atoms with E-state index in [9.17, 15) is 4.79 Å². The summed E-state index contributed by atoms with van der Waals surface area (Å²) in [7, 11) is 0. The molecule has 0 spiro atoms. The van der Waals surface area contributed by atoms with Crippen LogP contribution >= 0.6 is 0 Å². The smallest absolute Gasteiger partial charge is 0.374 e. The zero-order valence-electron chi connectivity index (χ0n) is 13.9. The van der Waals surface area contributed by atoms with Crippen molar-refractivity contribution < 1.29 is 23.6 Å². The van der Waals surface area contributed by atoms with E-state index in [1.165, 1.54) is 4.90 Å². The molecule has 1 N–H and O–H groups in total. The molecule has 1 aromatic carbocycles. The van der Waals surface area contributed by atoms with Crippen molar-refractivity contribution in [2.75, 3.05) is 19.7 Å². The number of rotatable bonds is 4. The molecule has 0 amide bonds. The van der Waals surface area contributed by atoms with Crippen LogP contribution in [0, 0.1) is 0 Å². The van der Waals surface area contributed by atoms with Gasteiger partial charge >= 0.3 is 5.97 Å². The van der Waals surface area contributed by atoms with Gasteiger partial charge in [0.2, 0.25) is 5.76 Å². The lowest BCUT2D eigenvalue weighted by molar-refractivity contribution is -0.928. The van der Waals surface area contributed by atoms with Gasteiger partial charge in [-0.2, -0.15) is 0 Å². The first-order chi connectivity index (χ1) is 11.1. The third-order valence-corrected chi connectivity index (χ3v) is 4.20. The van der Waals surface area contributed by atoms with Crippen LogP contribution in [0.15, 0.2) is 28.7 Å². The van der Waals surface area contributed by atoms with Gasteiger partial charge in [-0.25, -0.2) is 4.79 Å². The van der Waals surface area contributed by atoms with E-state index in [0.717, 1.165) is 36.2 Å². The van der Waals surface area contributed by atoms with Crippen molar-refractivity contribution >= 4 is 16.9 Å². The van der Waals surface area contributed by atoms with Crippen molar-refractivity contribution in [2.24, 2.45) is 0 Å². The Balaban J connectivity index is 1.94. The summed E-state index contributed by atoms with van der Waals surface area (Å²) < 4.78 is 16.8. The number of hydrogen-bond donors (Lipinski definition) is 1. The molecule has 1 unspecified atom stereocenters. The van der Waals surface area contributed by atoms with Crippen LogP contribution < -0.4 is 4.90 Å². The Labute approximate surface area is 136 Å². The maximum Gasteiger partial charge on any atom is 0.374 e. The first-order valence-electron chi connectivity index (χ1n) is 8.25. The topological polar surface area (TPSA) is 53.1 Å². The predicted molar refractivity (Wildman–Crippen MR) is 86.6 cm³/mol. The van der Waals surface area contributed by atoms with E-state index in [4.69, 9.17) is 13.9 Å². The Bertz CT molecular complexity index is 683. The van der Waals surface area contributed by atoms with Gasteiger partial charge in [0.05, 0.1) is 12.2 Å². The monoisotopic (exact) mass is 318 g/mol. The molecule has 0 bridgehead atoms. The van der Waals surface area contributed by atoms with Gasteiger partial charge in [0.1, 0.15) is 37.4 Å². The summed E-state index contributed by atoms with van der Waals surface area (Å²) in [5, 5.41) is 0.995. The lowest BCUT2D eigenvalue weighted by Crippen LogP contribution is -3.14. The normalized spacial score (nSPS) is 24.7. The molecule has 0 radical (unpaired) electrons. The highest BCUT2D eigenvalue weighted by Gasteiger charge is 2.30. The Hall–Kier alpha value is -1.85. The van der Waals surface area contributed by atoms with Crippen LogP contribution in [-0.2, 0) is 16.0 Å². The highest BCUT2D eigenvalue weighted by atomic mass is 16.5. The molecule has 1 fully saturated rings. The fourth-order valence-electron chi connectivity index (χ4n) is 3.42. The van der Waals surface area contributed by atoms with Gasteiger partial charge < -0.3 is 18.8 Å².